The molecule has 1 atom stereocenters. The molecule has 1 N–H and O–H groups in total. The largest absolute Gasteiger partial charge is 0.315 e. The maximum Gasteiger partial charge on any atom is 0.150 e. The smallest absolute Gasteiger partial charge is 0.150 e. The van der Waals surface area contributed by atoms with Gasteiger partial charge in [0.15, 0.2) is 9.84 Å². The van der Waals surface area contributed by atoms with Crippen LogP contribution in [0.5, 0.6) is 0 Å². The highest BCUT2D eigenvalue weighted by Crippen LogP contribution is 2.05. The summed E-state index contributed by atoms with van der Waals surface area (Å²) in [4.78, 5) is 0. The van der Waals surface area contributed by atoms with Gasteiger partial charge >= 0.3 is 0 Å². The predicted molar refractivity (Wildman–Crippen MR) is 65.9 cm³/mol. The van der Waals surface area contributed by atoms with Crippen LogP contribution >= 0.6 is 0 Å². The fourth-order valence-electron chi connectivity index (χ4n) is 1.65. The van der Waals surface area contributed by atoms with Crippen molar-refractivity contribution in [1.82, 2.24) is 5.32 Å². The molecule has 4 heteroatoms. The van der Waals surface area contributed by atoms with Gasteiger partial charge in [-0.2, -0.15) is 0 Å². The third kappa shape index (κ3) is 8.88. The first-order chi connectivity index (χ1) is 6.87. The topological polar surface area (TPSA) is 46.2 Å². The van der Waals surface area contributed by atoms with Crippen molar-refractivity contribution < 1.29 is 8.42 Å². The Balaban J connectivity index is 3.75. The lowest BCUT2D eigenvalue weighted by Crippen LogP contribution is -2.26. The number of hydrogen-bond donors (Lipinski definition) is 1. The molecular formula is C11H25NO2S. The Bertz CT molecular complexity index is 247. The predicted octanol–water partition coefficient (Wildman–Crippen LogP) is 1.84. The zero-order valence-electron chi connectivity index (χ0n) is 10.4. The molecule has 3 nitrogen and oxygen atoms in total. The molecular weight excluding hydrogens is 210 g/mol. The van der Waals surface area contributed by atoms with Crippen LogP contribution in [0.3, 0.4) is 0 Å². The number of sulfone groups is 1. The molecule has 0 radical (unpaired) electrons. The molecule has 15 heavy (non-hydrogen) atoms. The zero-order valence-corrected chi connectivity index (χ0v) is 11.2. The van der Waals surface area contributed by atoms with Gasteiger partial charge in [-0.05, 0) is 32.2 Å². The fourth-order valence-corrected chi connectivity index (χ4v) is 3.44. The molecule has 0 amide bonds. The van der Waals surface area contributed by atoms with E-state index < -0.39 is 9.84 Å². The Morgan fingerprint density at radius 3 is 2.27 bits per heavy atom. The second-order valence-electron chi connectivity index (χ2n) is 4.61. The molecule has 1 unspecified atom stereocenters. The first kappa shape index (κ1) is 14.9. The van der Waals surface area contributed by atoms with Crippen LogP contribution in [-0.2, 0) is 9.84 Å². The van der Waals surface area contributed by atoms with Crippen LogP contribution in [0, 0.1) is 5.92 Å². The second-order valence-corrected chi connectivity index (χ2v) is 6.84. The lowest BCUT2D eigenvalue weighted by atomic mass is 10.2. The Labute approximate surface area is 94.6 Å². The highest BCUT2D eigenvalue weighted by Gasteiger charge is 2.13. The van der Waals surface area contributed by atoms with Crippen molar-refractivity contribution in [2.45, 2.75) is 46.6 Å². The van der Waals surface area contributed by atoms with Gasteiger partial charge in [-0.1, -0.05) is 20.8 Å². The molecule has 0 heterocycles. The summed E-state index contributed by atoms with van der Waals surface area (Å²) >= 11 is 0. The van der Waals surface area contributed by atoms with E-state index in [1.807, 2.05) is 13.8 Å². The van der Waals surface area contributed by atoms with Gasteiger partial charge in [-0.15, -0.1) is 0 Å². The van der Waals surface area contributed by atoms with E-state index in [9.17, 15) is 8.42 Å². The molecule has 0 aromatic carbocycles. The lowest BCUT2D eigenvalue weighted by Gasteiger charge is -2.12. The third-order valence-corrected chi connectivity index (χ3v) is 4.32. The van der Waals surface area contributed by atoms with Crippen LogP contribution in [-0.4, -0.2) is 32.5 Å². The average Bonchev–Trinajstić information content (AvgIpc) is 2.01. The molecule has 0 aliphatic carbocycles. The SMILES string of the molecule is CCNC(C)CCCS(=O)(=O)CC(C)C. The minimum atomic E-state index is -2.82. The van der Waals surface area contributed by atoms with Gasteiger partial charge in [0.2, 0.25) is 0 Å². The van der Waals surface area contributed by atoms with Crippen LogP contribution in [0.25, 0.3) is 0 Å². The molecule has 0 aliphatic heterocycles. The lowest BCUT2D eigenvalue weighted by molar-refractivity contribution is 0.519. The van der Waals surface area contributed by atoms with E-state index in [4.69, 9.17) is 0 Å². The first-order valence-electron chi connectivity index (χ1n) is 5.81. The van der Waals surface area contributed by atoms with Gasteiger partial charge in [0.25, 0.3) is 0 Å². The molecule has 0 fully saturated rings. The van der Waals surface area contributed by atoms with Crippen LogP contribution in [0.15, 0.2) is 0 Å². The number of rotatable bonds is 8. The molecule has 0 aromatic rings. The summed E-state index contributed by atoms with van der Waals surface area (Å²) < 4.78 is 23.1. The first-order valence-corrected chi connectivity index (χ1v) is 7.63. The van der Waals surface area contributed by atoms with Crippen molar-refractivity contribution in [3.8, 4) is 0 Å². The van der Waals surface area contributed by atoms with E-state index in [-0.39, 0.29) is 5.92 Å². The molecule has 0 rings (SSSR count). The Hall–Kier alpha value is -0.0900. The zero-order chi connectivity index (χ0) is 11.9. The van der Waals surface area contributed by atoms with Gasteiger partial charge in [0, 0.05) is 6.04 Å². The van der Waals surface area contributed by atoms with Crippen LogP contribution in [0.2, 0.25) is 0 Å². The number of hydrogen-bond acceptors (Lipinski definition) is 3. The van der Waals surface area contributed by atoms with Crippen molar-refractivity contribution in [3.63, 3.8) is 0 Å². The highest BCUT2D eigenvalue weighted by atomic mass is 32.2. The van der Waals surface area contributed by atoms with Gasteiger partial charge < -0.3 is 5.32 Å². The summed E-state index contributed by atoms with van der Waals surface area (Å²) in [6, 6.07) is 0.421. The van der Waals surface area contributed by atoms with Crippen LogP contribution < -0.4 is 5.32 Å². The van der Waals surface area contributed by atoms with Gasteiger partial charge in [0.05, 0.1) is 11.5 Å². The summed E-state index contributed by atoms with van der Waals surface area (Å²) in [6.07, 6.45) is 1.70. The Morgan fingerprint density at radius 1 is 1.20 bits per heavy atom. The van der Waals surface area contributed by atoms with E-state index in [0.29, 0.717) is 17.5 Å². The standard InChI is InChI=1S/C11H25NO2S/c1-5-12-11(4)7-6-8-15(13,14)9-10(2)3/h10-12H,5-9H2,1-4H3. The molecule has 0 spiro atoms. The van der Waals surface area contributed by atoms with Gasteiger partial charge in [-0.3, -0.25) is 0 Å². The highest BCUT2D eigenvalue weighted by molar-refractivity contribution is 7.91. The maximum absolute atomic E-state index is 11.6. The summed E-state index contributed by atoms with van der Waals surface area (Å²) in [5.41, 5.74) is 0. The van der Waals surface area contributed by atoms with E-state index in [1.54, 1.807) is 0 Å². The van der Waals surface area contributed by atoms with E-state index >= 15 is 0 Å². The minimum Gasteiger partial charge on any atom is -0.315 e. The summed E-state index contributed by atoms with van der Waals surface area (Å²) in [5.74, 6) is 0.893. The Kier molecular flexibility index (Phi) is 7.18. The van der Waals surface area contributed by atoms with E-state index in [0.717, 1.165) is 19.4 Å². The summed E-state index contributed by atoms with van der Waals surface area (Å²) in [5, 5.41) is 3.28. The quantitative estimate of drug-likeness (QED) is 0.698. The normalized spacial score (nSPS) is 14.5. The van der Waals surface area contributed by atoms with Crippen molar-refractivity contribution in [2.75, 3.05) is 18.1 Å². The average molecular weight is 235 g/mol. The van der Waals surface area contributed by atoms with Gasteiger partial charge in [0.1, 0.15) is 0 Å². The van der Waals surface area contributed by atoms with Crippen LogP contribution in [0.4, 0.5) is 0 Å². The molecule has 0 bridgehead atoms. The molecule has 0 aromatic heterocycles. The maximum atomic E-state index is 11.6. The van der Waals surface area contributed by atoms with E-state index in [1.165, 1.54) is 0 Å². The molecule has 0 saturated heterocycles. The fraction of sp³-hybridized carbons (Fsp3) is 1.00. The van der Waals surface area contributed by atoms with Crippen molar-refractivity contribution >= 4 is 9.84 Å². The third-order valence-electron chi connectivity index (χ3n) is 2.23. The summed E-state index contributed by atoms with van der Waals surface area (Å²) in [6.45, 7) is 8.99. The summed E-state index contributed by atoms with van der Waals surface area (Å²) in [7, 11) is -2.82. The molecule has 92 valence electrons. The van der Waals surface area contributed by atoms with E-state index in [2.05, 4.69) is 19.2 Å². The second kappa shape index (κ2) is 7.23. The number of nitrogens with one attached hydrogen (secondary N) is 1. The van der Waals surface area contributed by atoms with Crippen molar-refractivity contribution in [1.29, 1.82) is 0 Å². The van der Waals surface area contributed by atoms with Crippen molar-refractivity contribution in [2.24, 2.45) is 5.92 Å². The molecule has 0 aliphatic rings. The minimum absolute atomic E-state index is 0.237. The van der Waals surface area contributed by atoms with Crippen molar-refractivity contribution in [3.05, 3.63) is 0 Å². The Morgan fingerprint density at radius 2 is 1.80 bits per heavy atom. The van der Waals surface area contributed by atoms with Crippen LogP contribution in [0.1, 0.15) is 40.5 Å². The van der Waals surface area contributed by atoms with Gasteiger partial charge in [-0.25, -0.2) is 8.42 Å². The molecule has 0 saturated carbocycles. The monoisotopic (exact) mass is 235 g/mol.